The molecule has 0 bridgehead atoms. The maximum Gasteiger partial charge on any atom is 0.256 e. The van der Waals surface area contributed by atoms with Crippen molar-refractivity contribution in [1.82, 2.24) is 9.80 Å². The molecular weight excluding hydrogens is 443 g/mol. The van der Waals surface area contributed by atoms with E-state index in [-0.39, 0.29) is 17.7 Å². The van der Waals surface area contributed by atoms with Gasteiger partial charge in [-0.3, -0.25) is 9.59 Å². The van der Waals surface area contributed by atoms with E-state index in [2.05, 4.69) is 10.2 Å². The van der Waals surface area contributed by atoms with E-state index in [4.69, 9.17) is 11.6 Å². The molecule has 0 aromatic heterocycles. The molecule has 9 heteroatoms. The van der Waals surface area contributed by atoms with Gasteiger partial charge in [-0.05, 0) is 48.6 Å². The fraction of sp³-hybridized carbons (Fsp3) is 0.391. The van der Waals surface area contributed by atoms with Crippen molar-refractivity contribution in [2.75, 3.05) is 38.0 Å². The fourth-order valence-electron chi connectivity index (χ4n) is 4.45. The third kappa shape index (κ3) is 4.61. The lowest BCUT2D eigenvalue weighted by Gasteiger charge is -2.22. The standard InChI is InChI=1S/C23H23ClF3N3O2/c1-13-2-3-16(8-18(13)24)28-20(31)6-7-29-9-14-11-30(12-15(14)10-29)23(32)17-4-5-19(25)22(27)21(17)26/h2-5,8,14-15H,6-7,9-12H2,1H3,(H,28,31). The molecule has 32 heavy (non-hydrogen) atoms. The molecule has 170 valence electrons. The van der Waals surface area contributed by atoms with Crippen molar-refractivity contribution in [3.05, 3.63) is 63.9 Å². The second-order valence-corrected chi connectivity index (χ2v) is 8.88. The van der Waals surface area contributed by atoms with Crippen LogP contribution in [0.3, 0.4) is 0 Å². The van der Waals surface area contributed by atoms with Crippen molar-refractivity contribution >= 4 is 29.1 Å². The number of rotatable bonds is 5. The molecule has 2 unspecified atom stereocenters. The zero-order chi connectivity index (χ0) is 23.0. The average Bonchev–Trinajstić information content (AvgIpc) is 3.32. The first kappa shape index (κ1) is 22.6. The van der Waals surface area contributed by atoms with Crippen LogP contribution >= 0.6 is 11.6 Å². The van der Waals surface area contributed by atoms with Crippen LogP contribution in [0.4, 0.5) is 18.9 Å². The number of halogens is 4. The number of carbonyl (C=O) groups is 2. The van der Waals surface area contributed by atoms with Gasteiger partial charge in [-0.2, -0.15) is 0 Å². The lowest BCUT2D eigenvalue weighted by Crippen LogP contribution is -2.34. The molecule has 0 aliphatic carbocycles. The molecule has 2 saturated heterocycles. The number of amides is 2. The van der Waals surface area contributed by atoms with E-state index in [1.807, 2.05) is 13.0 Å². The third-order valence-electron chi connectivity index (χ3n) is 6.23. The number of likely N-dealkylation sites (tertiary alicyclic amines) is 2. The van der Waals surface area contributed by atoms with E-state index >= 15 is 0 Å². The van der Waals surface area contributed by atoms with Crippen molar-refractivity contribution in [2.45, 2.75) is 13.3 Å². The van der Waals surface area contributed by atoms with Crippen molar-refractivity contribution in [3.8, 4) is 0 Å². The maximum absolute atomic E-state index is 14.0. The zero-order valence-corrected chi connectivity index (χ0v) is 18.3. The second-order valence-electron chi connectivity index (χ2n) is 8.47. The van der Waals surface area contributed by atoms with Gasteiger partial charge in [-0.25, -0.2) is 13.2 Å². The highest BCUT2D eigenvalue weighted by atomic mass is 35.5. The number of carbonyl (C=O) groups excluding carboxylic acids is 2. The topological polar surface area (TPSA) is 52.7 Å². The molecule has 2 aromatic carbocycles. The smallest absolute Gasteiger partial charge is 0.256 e. The number of hydrogen-bond donors (Lipinski definition) is 1. The molecule has 2 fully saturated rings. The van der Waals surface area contributed by atoms with Gasteiger partial charge in [0.25, 0.3) is 5.91 Å². The third-order valence-corrected chi connectivity index (χ3v) is 6.63. The van der Waals surface area contributed by atoms with Gasteiger partial charge in [0, 0.05) is 49.9 Å². The fourth-order valence-corrected chi connectivity index (χ4v) is 4.63. The van der Waals surface area contributed by atoms with Crippen LogP contribution in [-0.4, -0.2) is 54.3 Å². The van der Waals surface area contributed by atoms with Crippen LogP contribution < -0.4 is 5.32 Å². The summed E-state index contributed by atoms with van der Waals surface area (Å²) in [4.78, 5) is 28.5. The first-order valence-corrected chi connectivity index (χ1v) is 10.8. The normalized spacial score (nSPS) is 20.5. The van der Waals surface area contributed by atoms with Crippen LogP contribution in [0.15, 0.2) is 30.3 Å². The Labute approximate surface area is 189 Å². The summed E-state index contributed by atoms with van der Waals surface area (Å²) in [5.74, 6) is -4.73. The van der Waals surface area contributed by atoms with E-state index in [0.29, 0.717) is 36.8 Å². The SMILES string of the molecule is Cc1ccc(NC(=O)CCN2CC3CN(C(=O)c4ccc(F)c(F)c4F)CC3C2)cc1Cl. The van der Waals surface area contributed by atoms with Gasteiger partial charge in [0.15, 0.2) is 17.5 Å². The van der Waals surface area contributed by atoms with Gasteiger partial charge >= 0.3 is 0 Å². The van der Waals surface area contributed by atoms with Gasteiger partial charge in [-0.15, -0.1) is 0 Å². The number of benzene rings is 2. The van der Waals surface area contributed by atoms with Crippen molar-refractivity contribution in [1.29, 1.82) is 0 Å². The lowest BCUT2D eigenvalue weighted by atomic mass is 10.0. The predicted octanol–water partition coefficient (Wildman–Crippen LogP) is 4.10. The van der Waals surface area contributed by atoms with E-state index < -0.39 is 28.9 Å². The highest BCUT2D eigenvalue weighted by Gasteiger charge is 2.42. The summed E-state index contributed by atoms with van der Waals surface area (Å²) in [5.41, 5.74) is 1.14. The summed E-state index contributed by atoms with van der Waals surface area (Å²) in [7, 11) is 0. The molecule has 0 saturated carbocycles. The van der Waals surface area contributed by atoms with Gasteiger partial charge in [-0.1, -0.05) is 17.7 Å². The molecule has 2 aromatic rings. The largest absolute Gasteiger partial charge is 0.338 e. The number of anilines is 1. The monoisotopic (exact) mass is 465 g/mol. The Morgan fingerprint density at radius 2 is 1.72 bits per heavy atom. The summed E-state index contributed by atoms with van der Waals surface area (Å²) < 4.78 is 40.6. The van der Waals surface area contributed by atoms with Crippen LogP contribution in [0.25, 0.3) is 0 Å². The Bertz CT molecular complexity index is 1050. The van der Waals surface area contributed by atoms with Crippen LogP contribution in [0.2, 0.25) is 5.02 Å². The Morgan fingerprint density at radius 1 is 1.03 bits per heavy atom. The summed E-state index contributed by atoms with van der Waals surface area (Å²) in [5, 5.41) is 3.44. The van der Waals surface area contributed by atoms with E-state index in [9.17, 15) is 22.8 Å². The van der Waals surface area contributed by atoms with Crippen molar-refractivity contribution in [2.24, 2.45) is 11.8 Å². The minimum Gasteiger partial charge on any atom is -0.338 e. The molecule has 5 nitrogen and oxygen atoms in total. The minimum atomic E-state index is -1.63. The van der Waals surface area contributed by atoms with Crippen LogP contribution in [0.5, 0.6) is 0 Å². The summed E-state index contributed by atoms with van der Waals surface area (Å²) in [6.07, 6.45) is 0.327. The highest BCUT2D eigenvalue weighted by molar-refractivity contribution is 6.31. The van der Waals surface area contributed by atoms with Crippen LogP contribution in [-0.2, 0) is 4.79 Å². The van der Waals surface area contributed by atoms with Crippen LogP contribution in [0, 0.1) is 36.2 Å². The van der Waals surface area contributed by atoms with Gasteiger partial charge in [0.1, 0.15) is 0 Å². The first-order valence-electron chi connectivity index (χ1n) is 10.4. The highest BCUT2D eigenvalue weighted by Crippen LogP contribution is 2.32. The molecule has 0 radical (unpaired) electrons. The van der Waals surface area contributed by atoms with Crippen molar-refractivity contribution < 1.29 is 22.8 Å². The molecule has 1 N–H and O–H groups in total. The minimum absolute atomic E-state index is 0.104. The number of nitrogens with one attached hydrogen (secondary N) is 1. The molecule has 0 spiro atoms. The van der Waals surface area contributed by atoms with Gasteiger partial charge in [0.2, 0.25) is 5.91 Å². The van der Waals surface area contributed by atoms with E-state index in [0.717, 1.165) is 30.8 Å². The number of aryl methyl sites for hydroxylation is 1. The van der Waals surface area contributed by atoms with Gasteiger partial charge in [0.05, 0.1) is 5.56 Å². The quantitative estimate of drug-likeness (QED) is 0.676. The molecule has 2 aliphatic heterocycles. The summed E-state index contributed by atoms with van der Waals surface area (Å²) in [6, 6.07) is 7.12. The summed E-state index contributed by atoms with van der Waals surface area (Å²) >= 11 is 6.09. The number of fused-ring (bicyclic) bond motifs is 1. The number of nitrogens with zero attached hydrogens (tertiary/aromatic N) is 2. The maximum atomic E-state index is 14.0. The molecule has 2 amide bonds. The Balaban J connectivity index is 1.27. The average molecular weight is 466 g/mol. The number of hydrogen-bond acceptors (Lipinski definition) is 3. The van der Waals surface area contributed by atoms with E-state index in [1.54, 1.807) is 12.1 Å². The first-order chi connectivity index (χ1) is 15.2. The Kier molecular flexibility index (Phi) is 6.44. The molecular formula is C23H23ClF3N3O2. The molecule has 4 rings (SSSR count). The Hall–Kier alpha value is -2.58. The van der Waals surface area contributed by atoms with Crippen LogP contribution in [0.1, 0.15) is 22.3 Å². The molecule has 2 atom stereocenters. The Morgan fingerprint density at radius 3 is 2.38 bits per heavy atom. The second kappa shape index (κ2) is 9.11. The lowest BCUT2D eigenvalue weighted by molar-refractivity contribution is -0.116. The summed E-state index contributed by atoms with van der Waals surface area (Å²) in [6.45, 7) is 4.77. The van der Waals surface area contributed by atoms with Crippen molar-refractivity contribution in [3.63, 3.8) is 0 Å². The molecule has 2 aliphatic rings. The van der Waals surface area contributed by atoms with E-state index in [1.165, 1.54) is 4.90 Å². The molecule has 2 heterocycles. The van der Waals surface area contributed by atoms with Gasteiger partial charge < -0.3 is 15.1 Å². The zero-order valence-electron chi connectivity index (χ0n) is 17.5. The predicted molar refractivity (Wildman–Crippen MR) is 115 cm³/mol.